The molecule has 1 amide bonds. The first-order valence-electron chi connectivity index (χ1n) is 9.73. The van der Waals surface area contributed by atoms with E-state index >= 15 is 0 Å². The van der Waals surface area contributed by atoms with Crippen molar-refractivity contribution in [3.8, 4) is 11.5 Å². The van der Waals surface area contributed by atoms with E-state index in [1.807, 2.05) is 41.5 Å². The van der Waals surface area contributed by atoms with Crippen LogP contribution in [0.3, 0.4) is 0 Å². The molecule has 0 saturated carbocycles. The fourth-order valence-corrected chi connectivity index (χ4v) is 3.93. The number of anilines is 1. The van der Waals surface area contributed by atoms with Crippen molar-refractivity contribution >= 4 is 33.0 Å². The van der Waals surface area contributed by atoms with Crippen molar-refractivity contribution in [2.75, 3.05) is 5.32 Å². The lowest BCUT2D eigenvalue weighted by Gasteiger charge is -2.26. The molecule has 0 heterocycles. The van der Waals surface area contributed by atoms with Crippen molar-refractivity contribution in [3.05, 3.63) is 46.5 Å². The molecule has 0 fully saturated rings. The zero-order valence-corrected chi connectivity index (χ0v) is 20.5. The van der Waals surface area contributed by atoms with Crippen molar-refractivity contribution in [2.24, 2.45) is 0 Å². The van der Waals surface area contributed by atoms with Crippen molar-refractivity contribution in [2.45, 2.75) is 63.0 Å². The summed E-state index contributed by atoms with van der Waals surface area (Å²) in [6, 6.07) is 5.18. The topological polar surface area (TPSA) is 92.7 Å². The molecule has 2 aromatic carbocycles. The molecule has 0 radical (unpaired) electrons. The Bertz CT molecular complexity index is 1180. The maximum absolute atomic E-state index is 12.9. The molecular formula is C22H25ClF3NO5S. The summed E-state index contributed by atoms with van der Waals surface area (Å²) in [7, 11) is -5.60. The van der Waals surface area contributed by atoms with E-state index in [1.165, 1.54) is 6.07 Å². The number of amides is 1. The van der Waals surface area contributed by atoms with Crippen molar-refractivity contribution in [3.63, 3.8) is 0 Å². The van der Waals surface area contributed by atoms with E-state index in [2.05, 4.69) is 5.32 Å². The van der Waals surface area contributed by atoms with Crippen molar-refractivity contribution < 1.29 is 36.2 Å². The quantitative estimate of drug-likeness (QED) is 0.524. The summed E-state index contributed by atoms with van der Waals surface area (Å²) >= 11 is 5.95. The van der Waals surface area contributed by atoms with Gasteiger partial charge in [-0.2, -0.15) is 13.2 Å². The first-order valence-corrected chi connectivity index (χ1v) is 11.6. The molecule has 182 valence electrons. The summed E-state index contributed by atoms with van der Waals surface area (Å²) in [5.41, 5.74) is -6.49. The number of phenols is 1. The Labute approximate surface area is 195 Å². The Hall–Kier alpha value is -2.46. The molecule has 33 heavy (non-hydrogen) atoms. The third kappa shape index (κ3) is 6.11. The van der Waals surface area contributed by atoms with Gasteiger partial charge in [-0.05, 0) is 56.5 Å². The number of phenolic OH excluding ortho intramolecular Hbond substituents is 1. The number of nitrogens with one attached hydrogen (secondary N) is 1. The van der Waals surface area contributed by atoms with Crippen LogP contribution in [-0.2, 0) is 15.3 Å². The van der Waals surface area contributed by atoms with Crippen molar-refractivity contribution in [1.29, 1.82) is 0 Å². The molecule has 0 aliphatic heterocycles. The van der Waals surface area contributed by atoms with Gasteiger partial charge in [0.15, 0.2) is 0 Å². The molecule has 0 atom stereocenters. The highest BCUT2D eigenvalue weighted by Crippen LogP contribution is 2.39. The molecule has 0 saturated heterocycles. The Morgan fingerprint density at radius 3 is 2.06 bits per heavy atom. The minimum absolute atomic E-state index is 0.137. The van der Waals surface area contributed by atoms with Gasteiger partial charge in [-0.1, -0.05) is 32.4 Å². The van der Waals surface area contributed by atoms with Crippen LogP contribution in [0.25, 0.3) is 0 Å². The van der Waals surface area contributed by atoms with Gasteiger partial charge in [0, 0.05) is 5.56 Å². The highest BCUT2D eigenvalue weighted by molar-refractivity contribution is 7.92. The van der Waals surface area contributed by atoms with Crippen LogP contribution in [0.2, 0.25) is 5.02 Å². The smallest absolute Gasteiger partial charge is 0.501 e. The molecule has 0 aromatic heterocycles. The summed E-state index contributed by atoms with van der Waals surface area (Å²) in [5, 5.41) is 12.7. The van der Waals surface area contributed by atoms with E-state index in [0.717, 1.165) is 6.07 Å². The Balaban J connectivity index is 2.49. The van der Waals surface area contributed by atoms with Crippen molar-refractivity contribution in [1.82, 2.24) is 0 Å². The second-order valence-corrected chi connectivity index (χ2v) is 11.7. The van der Waals surface area contributed by atoms with Crippen LogP contribution in [0, 0.1) is 0 Å². The fraction of sp³-hybridized carbons (Fsp3) is 0.409. The summed E-state index contributed by atoms with van der Waals surface area (Å²) in [6.45, 7) is 10.9. The Morgan fingerprint density at radius 2 is 1.61 bits per heavy atom. The molecule has 0 spiro atoms. The number of carbonyl (C=O) groups is 1. The van der Waals surface area contributed by atoms with Crippen LogP contribution >= 0.6 is 11.6 Å². The van der Waals surface area contributed by atoms with Gasteiger partial charge >= 0.3 is 5.51 Å². The van der Waals surface area contributed by atoms with Gasteiger partial charge in [0.05, 0.1) is 21.2 Å². The molecule has 6 nitrogen and oxygen atoms in total. The van der Waals surface area contributed by atoms with Crippen LogP contribution in [-0.4, -0.2) is 30.5 Å². The first kappa shape index (κ1) is 26.8. The second-order valence-electron chi connectivity index (χ2n) is 9.38. The molecule has 2 aromatic rings. The number of ether oxygens (including phenoxy) is 1. The van der Waals surface area contributed by atoms with E-state index in [0.29, 0.717) is 23.4 Å². The Morgan fingerprint density at radius 1 is 1.03 bits per heavy atom. The van der Waals surface area contributed by atoms with E-state index in [4.69, 9.17) is 16.3 Å². The van der Waals surface area contributed by atoms with Gasteiger partial charge in [0.1, 0.15) is 17.1 Å². The molecule has 2 N–H and O–H groups in total. The lowest BCUT2D eigenvalue weighted by atomic mass is 9.85. The minimum Gasteiger partial charge on any atom is -0.507 e. The average molecular weight is 508 g/mol. The number of hydrogen-bond donors (Lipinski definition) is 2. The summed E-state index contributed by atoms with van der Waals surface area (Å²) < 4.78 is 67.3. The summed E-state index contributed by atoms with van der Waals surface area (Å²) in [5.74, 6) is -0.785. The van der Waals surface area contributed by atoms with Crippen LogP contribution < -0.4 is 10.1 Å². The predicted molar refractivity (Wildman–Crippen MR) is 120 cm³/mol. The van der Waals surface area contributed by atoms with E-state index < -0.39 is 42.2 Å². The second kappa shape index (κ2) is 8.72. The normalized spacial score (nSPS) is 13.0. The average Bonchev–Trinajstić information content (AvgIpc) is 2.61. The summed E-state index contributed by atoms with van der Waals surface area (Å²) in [6.07, 6.45) is 0. The molecular weight excluding hydrogens is 483 g/mol. The van der Waals surface area contributed by atoms with Gasteiger partial charge in [-0.15, -0.1) is 0 Å². The highest BCUT2D eigenvalue weighted by atomic mass is 35.5. The maximum Gasteiger partial charge on any atom is 0.501 e. The number of carbonyl (C=O) groups excluding carboxylic acids is 1. The van der Waals surface area contributed by atoms with Crippen LogP contribution in [0.15, 0.2) is 35.2 Å². The maximum atomic E-state index is 12.9. The first-order chi connectivity index (χ1) is 14.7. The van der Waals surface area contributed by atoms with E-state index in [-0.39, 0.29) is 17.0 Å². The number of alkyl halides is 3. The van der Waals surface area contributed by atoms with Gasteiger partial charge in [-0.25, -0.2) is 8.42 Å². The number of benzene rings is 2. The standard InChI is InChI=1S/C22H25ClF3NO5S/c1-20(2,3)15-10-12(32-21(4,5)6)9-14(18(15)28)19(29)27-17-8-7-13(11-16(17)23)33(30,31)22(24,25)26/h7-11,28H,1-6H3,(H,27,29). The highest BCUT2D eigenvalue weighted by Gasteiger charge is 2.47. The zero-order chi connectivity index (χ0) is 25.6. The molecule has 0 aliphatic carbocycles. The van der Waals surface area contributed by atoms with Gasteiger partial charge < -0.3 is 15.2 Å². The van der Waals surface area contributed by atoms with Gasteiger partial charge in [-0.3, -0.25) is 4.79 Å². The number of rotatable bonds is 4. The summed E-state index contributed by atoms with van der Waals surface area (Å²) in [4.78, 5) is 11.9. The third-order valence-corrected chi connectivity index (χ3v) is 6.16. The molecule has 0 bridgehead atoms. The number of halogens is 4. The lowest BCUT2D eigenvalue weighted by molar-refractivity contribution is -0.0436. The predicted octanol–water partition coefficient (Wildman–Crippen LogP) is 6.07. The monoisotopic (exact) mass is 507 g/mol. The van der Waals surface area contributed by atoms with E-state index in [1.54, 1.807) is 6.07 Å². The molecule has 11 heteroatoms. The van der Waals surface area contributed by atoms with Gasteiger partial charge in [0.2, 0.25) is 0 Å². The SMILES string of the molecule is CC(C)(C)Oc1cc(C(=O)Nc2ccc(S(=O)(=O)C(F)(F)F)cc2Cl)c(O)c(C(C)(C)C)c1. The number of hydrogen-bond acceptors (Lipinski definition) is 5. The molecule has 0 unspecified atom stereocenters. The largest absolute Gasteiger partial charge is 0.507 e. The van der Waals surface area contributed by atoms with Crippen LogP contribution in [0.1, 0.15) is 57.5 Å². The van der Waals surface area contributed by atoms with E-state index in [9.17, 15) is 31.5 Å². The van der Waals surface area contributed by atoms with Crippen LogP contribution in [0.5, 0.6) is 11.5 Å². The zero-order valence-electron chi connectivity index (χ0n) is 18.9. The lowest BCUT2D eigenvalue weighted by Crippen LogP contribution is -2.24. The molecule has 2 rings (SSSR count). The molecule has 0 aliphatic rings. The minimum atomic E-state index is -5.60. The van der Waals surface area contributed by atoms with Gasteiger partial charge in [0.25, 0.3) is 15.7 Å². The fourth-order valence-electron chi connectivity index (χ4n) is 2.85. The number of sulfone groups is 1. The van der Waals surface area contributed by atoms with Crippen LogP contribution in [0.4, 0.5) is 18.9 Å². The Kier molecular flexibility index (Phi) is 7.08. The number of aromatic hydroxyl groups is 1. The third-order valence-electron chi connectivity index (χ3n) is 4.36.